The van der Waals surface area contributed by atoms with Crippen molar-refractivity contribution < 1.29 is 4.79 Å². The lowest BCUT2D eigenvalue weighted by Gasteiger charge is -2.17. The quantitative estimate of drug-likeness (QED) is 0.507. The van der Waals surface area contributed by atoms with Crippen molar-refractivity contribution in [3.8, 4) is 0 Å². The van der Waals surface area contributed by atoms with Gasteiger partial charge in [-0.05, 0) is 24.3 Å². The molecule has 0 aliphatic rings. The Morgan fingerprint density at radius 3 is 2.68 bits per heavy atom. The number of nitrogens with two attached hydrogens (primary N) is 1. The van der Waals surface area contributed by atoms with Gasteiger partial charge in [0.05, 0.1) is 0 Å². The minimum absolute atomic E-state index is 0.196. The van der Waals surface area contributed by atoms with E-state index in [0.29, 0.717) is 11.4 Å². The number of nitrogens with zero attached hydrogens (tertiary/aromatic N) is 3. The van der Waals surface area contributed by atoms with Crippen LogP contribution in [0.1, 0.15) is 10.4 Å². The highest BCUT2D eigenvalue weighted by Gasteiger charge is 2.15. The average molecular weight is 278 g/mol. The molecule has 7 heteroatoms. The van der Waals surface area contributed by atoms with Gasteiger partial charge in [-0.25, -0.2) is 10.8 Å². The summed E-state index contributed by atoms with van der Waals surface area (Å²) in [5.74, 6) is 5.39. The number of hydrogen-bond acceptors (Lipinski definition) is 5. The second kappa shape index (κ2) is 5.64. The molecule has 0 spiro atoms. The number of amides is 1. The van der Waals surface area contributed by atoms with Crippen LogP contribution < -0.4 is 16.2 Å². The van der Waals surface area contributed by atoms with Gasteiger partial charge in [0.2, 0.25) is 0 Å². The van der Waals surface area contributed by atoms with Crippen molar-refractivity contribution in [2.75, 3.05) is 17.4 Å². The number of anilines is 2. The van der Waals surface area contributed by atoms with Crippen LogP contribution in [-0.2, 0) is 0 Å². The number of carbonyl (C=O) groups excluding carboxylic acids is 1. The molecule has 0 unspecified atom stereocenters. The van der Waals surface area contributed by atoms with Crippen LogP contribution >= 0.6 is 11.6 Å². The van der Waals surface area contributed by atoms with Crippen molar-refractivity contribution in [1.29, 1.82) is 0 Å². The molecule has 1 amide bonds. The van der Waals surface area contributed by atoms with Gasteiger partial charge < -0.3 is 10.3 Å². The summed E-state index contributed by atoms with van der Waals surface area (Å²) < 4.78 is 0. The van der Waals surface area contributed by atoms with E-state index < -0.39 is 0 Å². The summed E-state index contributed by atoms with van der Waals surface area (Å²) in [5, 5.41) is 0.196. The van der Waals surface area contributed by atoms with Crippen LogP contribution in [0, 0.1) is 0 Å². The molecule has 0 aliphatic heterocycles. The van der Waals surface area contributed by atoms with Gasteiger partial charge in [0.25, 0.3) is 5.91 Å². The molecule has 19 heavy (non-hydrogen) atoms. The monoisotopic (exact) mass is 277 g/mol. The molecule has 0 aliphatic carbocycles. The number of nitrogen functional groups attached to an aromatic ring is 1. The zero-order valence-corrected chi connectivity index (χ0v) is 10.9. The van der Waals surface area contributed by atoms with Gasteiger partial charge in [-0.15, -0.1) is 0 Å². The van der Waals surface area contributed by atoms with Crippen LogP contribution in [0.3, 0.4) is 0 Å². The third-order valence-corrected chi connectivity index (χ3v) is 2.74. The molecule has 2 aromatic heterocycles. The van der Waals surface area contributed by atoms with Crippen molar-refractivity contribution in [2.24, 2.45) is 5.84 Å². The van der Waals surface area contributed by atoms with Gasteiger partial charge in [0, 0.05) is 30.7 Å². The van der Waals surface area contributed by atoms with Gasteiger partial charge in [-0.1, -0.05) is 11.6 Å². The summed E-state index contributed by atoms with van der Waals surface area (Å²) in [6.07, 6.45) is 3.23. The van der Waals surface area contributed by atoms with Gasteiger partial charge in [0.15, 0.2) is 0 Å². The fraction of sp³-hybridized carbons (Fsp3) is 0.0833. The topological polar surface area (TPSA) is 84.1 Å². The summed E-state index contributed by atoms with van der Waals surface area (Å²) in [6, 6.07) is 6.50. The molecule has 2 heterocycles. The molecule has 0 atom stereocenters. The maximum absolute atomic E-state index is 12.3. The lowest BCUT2D eigenvalue weighted by Crippen LogP contribution is -2.26. The zero-order valence-electron chi connectivity index (χ0n) is 10.2. The van der Waals surface area contributed by atoms with Crippen LogP contribution in [0.4, 0.5) is 11.5 Å². The Hall–Kier alpha value is -2.18. The fourth-order valence-corrected chi connectivity index (χ4v) is 1.78. The highest BCUT2D eigenvalue weighted by atomic mass is 35.5. The highest BCUT2D eigenvalue weighted by molar-refractivity contribution is 6.30. The van der Waals surface area contributed by atoms with Gasteiger partial charge in [0.1, 0.15) is 11.0 Å². The number of aromatic nitrogens is 2. The maximum atomic E-state index is 12.3. The third-order valence-electron chi connectivity index (χ3n) is 2.54. The normalized spacial score (nSPS) is 10.1. The zero-order chi connectivity index (χ0) is 13.8. The number of carbonyl (C=O) groups is 1. The summed E-state index contributed by atoms with van der Waals surface area (Å²) in [4.78, 5) is 21.6. The first-order valence-electron chi connectivity index (χ1n) is 5.44. The van der Waals surface area contributed by atoms with Crippen LogP contribution in [0.15, 0.2) is 36.7 Å². The molecule has 0 fully saturated rings. The van der Waals surface area contributed by atoms with Gasteiger partial charge >= 0.3 is 0 Å². The number of pyridine rings is 2. The first kappa shape index (κ1) is 13.3. The lowest BCUT2D eigenvalue weighted by atomic mass is 10.2. The molecule has 2 rings (SSSR count). The minimum atomic E-state index is -0.216. The Balaban J connectivity index is 2.31. The smallest absolute Gasteiger partial charge is 0.258 e. The number of halogens is 1. The second-order valence-electron chi connectivity index (χ2n) is 3.78. The van der Waals surface area contributed by atoms with Crippen LogP contribution in [-0.4, -0.2) is 22.9 Å². The van der Waals surface area contributed by atoms with E-state index in [2.05, 4.69) is 15.4 Å². The fourth-order valence-electron chi connectivity index (χ4n) is 1.57. The first-order valence-corrected chi connectivity index (χ1v) is 5.82. The van der Waals surface area contributed by atoms with E-state index in [-0.39, 0.29) is 11.1 Å². The predicted molar refractivity (Wildman–Crippen MR) is 74.0 cm³/mol. The molecule has 0 radical (unpaired) electrons. The Morgan fingerprint density at radius 1 is 1.37 bits per heavy atom. The van der Waals surface area contributed by atoms with Crippen molar-refractivity contribution in [3.63, 3.8) is 0 Å². The summed E-state index contributed by atoms with van der Waals surface area (Å²) in [7, 11) is 1.67. The SMILES string of the molecule is CN(C(=O)c1cc(Cl)nc(NN)c1)c1ccncc1. The number of hydrogen-bond donors (Lipinski definition) is 2. The Labute approximate surface area is 115 Å². The Morgan fingerprint density at radius 2 is 2.05 bits per heavy atom. The number of hydrazine groups is 1. The van der Waals surface area contributed by atoms with E-state index in [1.54, 1.807) is 31.6 Å². The molecule has 2 aromatic rings. The standard InChI is InChI=1S/C12H12ClN5O/c1-18(9-2-4-15-5-3-9)12(19)8-6-10(13)16-11(7-8)17-14/h2-7H,14H2,1H3,(H,16,17). The van der Waals surface area contributed by atoms with E-state index in [9.17, 15) is 4.79 Å². The number of rotatable bonds is 3. The first-order chi connectivity index (χ1) is 9.11. The van der Waals surface area contributed by atoms with E-state index >= 15 is 0 Å². The molecule has 0 saturated heterocycles. The molecule has 98 valence electrons. The van der Waals surface area contributed by atoms with E-state index in [1.807, 2.05) is 0 Å². The molecular weight excluding hydrogens is 266 g/mol. The summed E-state index contributed by atoms with van der Waals surface area (Å²) in [5.41, 5.74) is 3.49. The van der Waals surface area contributed by atoms with Crippen LogP contribution in [0.2, 0.25) is 5.15 Å². The largest absolute Gasteiger partial charge is 0.311 e. The van der Waals surface area contributed by atoms with E-state index in [0.717, 1.165) is 5.69 Å². The van der Waals surface area contributed by atoms with Crippen molar-refractivity contribution in [1.82, 2.24) is 9.97 Å². The Bertz CT molecular complexity index is 590. The van der Waals surface area contributed by atoms with E-state index in [1.165, 1.54) is 17.0 Å². The summed E-state index contributed by atoms with van der Waals surface area (Å²) in [6.45, 7) is 0. The molecule has 0 aromatic carbocycles. The average Bonchev–Trinajstić information content (AvgIpc) is 2.46. The highest BCUT2D eigenvalue weighted by Crippen LogP contribution is 2.18. The maximum Gasteiger partial charge on any atom is 0.258 e. The summed E-state index contributed by atoms with van der Waals surface area (Å²) >= 11 is 5.84. The van der Waals surface area contributed by atoms with Crippen LogP contribution in [0.25, 0.3) is 0 Å². The predicted octanol–water partition coefficient (Wildman–Crippen LogP) is 1.69. The van der Waals surface area contributed by atoms with Crippen LogP contribution in [0.5, 0.6) is 0 Å². The van der Waals surface area contributed by atoms with Crippen molar-refractivity contribution in [2.45, 2.75) is 0 Å². The van der Waals surface area contributed by atoms with Crippen molar-refractivity contribution in [3.05, 3.63) is 47.4 Å². The van der Waals surface area contributed by atoms with Gasteiger partial charge in [-0.2, -0.15) is 0 Å². The van der Waals surface area contributed by atoms with Gasteiger partial charge in [-0.3, -0.25) is 9.78 Å². The molecule has 6 nitrogen and oxygen atoms in total. The van der Waals surface area contributed by atoms with E-state index in [4.69, 9.17) is 17.4 Å². The van der Waals surface area contributed by atoms with Crippen molar-refractivity contribution >= 4 is 29.0 Å². The molecule has 0 saturated carbocycles. The third kappa shape index (κ3) is 2.98. The minimum Gasteiger partial charge on any atom is -0.311 e. The second-order valence-corrected chi connectivity index (χ2v) is 4.16. The molecule has 3 N–H and O–H groups in total. The Kier molecular flexibility index (Phi) is 3.94. The molecule has 0 bridgehead atoms. The lowest BCUT2D eigenvalue weighted by molar-refractivity contribution is 0.0993. The molecular formula is C12H12ClN5O. The number of nitrogens with one attached hydrogen (secondary N) is 1.